The van der Waals surface area contributed by atoms with E-state index in [1.807, 2.05) is 30.5 Å². The highest BCUT2D eigenvalue weighted by molar-refractivity contribution is 14.1. The molecule has 1 heterocycles. The third kappa shape index (κ3) is 4.17. The molecule has 23 heavy (non-hydrogen) atoms. The summed E-state index contributed by atoms with van der Waals surface area (Å²) in [7, 11) is 0. The van der Waals surface area contributed by atoms with E-state index < -0.39 is 0 Å². The average molecular weight is 434 g/mol. The summed E-state index contributed by atoms with van der Waals surface area (Å²) in [5.41, 5.74) is 3.17. The van der Waals surface area contributed by atoms with Crippen LogP contribution in [0, 0.1) is 10.5 Å². The van der Waals surface area contributed by atoms with Crippen LogP contribution in [0.5, 0.6) is 0 Å². The number of hydrogen-bond acceptors (Lipinski definition) is 3. The van der Waals surface area contributed by atoms with Crippen molar-refractivity contribution in [1.82, 2.24) is 4.98 Å². The zero-order valence-corrected chi connectivity index (χ0v) is 15.5. The smallest absolute Gasteiger partial charge is 0.258 e. The van der Waals surface area contributed by atoms with Gasteiger partial charge in [-0.1, -0.05) is 42.0 Å². The number of aryl methyl sites for hydroxylation is 1. The Hall–Kier alpha value is -1.73. The van der Waals surface area contributed by atoms with Crippen LogP contribution in [-0.2, 0) is 6.42 Å². The summed E-state index contributed by atoms with van der Waals surface area (Å²) in [4.78, 5) is 17.7. The number of amides is 1. The lowest BCUT2D eigenvalue weighted by atomic mass is 10.1. The van der Waals surface area contributed by atoms with Gasteiger partial charge in [0.1, 0.15) is 0 Å². The minimum atomic E-state index is -0.119. The van der Waals surface area contributed by atoms with Crippen LogP contribution in [0.4, 0.5) is 5.13 Å². The Kier molecular flexibility index (Phi) is 5.07. The number of carbonyl (C=O) groups excluding carboxylic acids is 1. The lowest BCUT2D eigenvalue weighted by Gasteiger charge is -2.03. The topological polar surface area (TPSA) is 42.0 Å². The van der Waals surface area contributed by atoms with Crippen molar-refractivity contribution in [2.75, 3.05) is 5.32 Å². The van der Waals surface area contributed by atoms with Crippen LogP contribution >= 0.6 is 33.9 Å². The van der Waals surface area contributed by atoms with E-state index in [4.69, 9.17) is 0 Å². The number of rotatable bonds is 4. The molecule has 1 amide bonds. The molecule has 3 nitrogen and oxygen atoms in total. The van der Waals surface area contributed by atoms with Crippen LogP contribution in [0.25, 0.3) is 0 Å². The van der Waals surface area contributed by atoms with Crippen molar-refractivity contribution >= 4 is 45.0 Å². The second-order valence-corrected chi connectivity index (χ2v) is 7.51. The Morgan fingerprint density at radius 2 is 1.91 bits per heavy atom. The number of anilines is 1. The summed E-state index contributed by atoms with van der Waals surface area (Å²) in [6.07, 6.45) is 2.66. The molecule has 116 valence electrons. The Bertz CT molecular complexity index is 827. The summed E-state index contributed by atoms with van der Waals surface area (Å²) in [6.45, 7) is 2.08. The van der Waals surface area contributed by atoms with Crippen molar-refractivity contribution in [3.8, 4) is 0 Å². The van der Waals surface area contributed by atoms with Gasteiger partial charge in [0.05, 0.1) is 5.56 Å². The number of aromatic nitrogens is 1. The fourth-order valence-electron chi connectivity index (χ4n) is 2.16. The van der Waals surface area contributed by atoms with Gasteiger partial charge in [0.25, 0.3) is 5.91 Å². The first-order chi connectivity index (χ1) is 11.1. The molecule has 3 aromatic rings. The number of hydrogen-bond donors (Lipinski definition) is 1. The molecule has 2 aromatic carbocycles. The molecule has 0 aliphatic rings. The molecular weight excluding hydrogens is 419 g/mol. The van der Waals surface area contributed by atoms with Gasteiger partial charge in [0.2, 0.25) is 0 Å². The summed E-state index contributed by atoms with van der Waals surface area (Å²) in [5.74, 6) is -0.119. The molecule has 0 radical (unpaired) electrons. The zero-order chi connectivity index (χ0) is 16.2. The molecule has 5 heteroatoms. The predicted molar refractivity (Wildman–Crippen MR) is 103 cm³/mol. The van der Waals surface area contributed by atoms with E-state index in [2.05, 4.69) is 64.1 Å². The Balaban J connectivity index is 1.69. The molecule has 1 N–H and O–H groups in total. The highest BCUT2D eigenvalue weighted by atomic mass is 127. The zero-order valence-electron chi connectivity index (χ0n) is 12.5. The summed E-state index contributed by atoms with van der Waals surface area (Å²) in [5, 5.41) is 3.51. The maximum absolute atomic E-state index is 12.3. The van der Waals surface area contributed by atoms with Crippen molar-refractivity contribution in [1.29, 1.82) is 0 Å². The lowest BCUT2D eigenvalue weighted by molar-refractivity contribution is 0.102. The van der Waals surface area contributed by atoms with Crippen molar-refractivity contribution in [2.45, 2.75) is 13.3 Å². The number of halogens is 1. The summed E-state index contributed by atoms with van der Waals surface area (Å²) < 4.78 is 0.930. The molecule has 0 aliphatic carbocycles. The third-order valence-corrected chi connectivity index (χ3v) is 5.24. The number of carbonyl (C=O) groups is 1. The van der Waals surface area contributed by atoms with E-state index >= 15 is 0 Å². The van der Waals surface area contributed by atoms with Crippen LogP contribution in [0.2, 0.25) is 0 Å². The summed E-state index contributed by atoms with van der Waals surface area (Å²) >= 11 is 3.68. The van der Waals surface area contributed by atoms with E-state index in [1.165, 1.54) is 22.5 Å². The Labute approximate surface area is 152 Å². The van der Waals surface area contributed by atoms with Gasteiger partial charge in [0.15, 0.2) is 5.13 Å². The predicted octanol–water partition coefficient (Wildman–Crippen LogP) is 4.90. The van der Waals surface area contributed by atoms with Crippen molar-refractivity contribution in [3.63, 3.8) is 0 Å². The van der Waals surface area contributed by atoms with E-state index in [0.29, 0.717) is 10.7 Å². The standard InChI is InChI=1S/C18H15IN2OS/c1-12-6-8-13(9-7-12)10-14-11-20-18(23-14)21-17(22)15-4-2-3-5-16(15)19/h2-9,11H,10H2,1H3,(H,20,21,22). The van der Waals surface area contributed by atoms with Crippen LogP contribution in [0.15, 0.2) is 54.7 Å². The monoisotopic (exact) mass is 434 g/mol. The first-order valence-corrected chi connectivity index (χ1v) is 9.07. The largest absolute Gasteiger partial charge is 0.298 e. The second-order valence-electron chi connectivity index (χ2n) is 5.23. The highest BCUT2D eigenvalue weighted by Crippen LogP contribution is 2.22. The summed E-state index contributed by atoms with van der Waals surface area (Å²) in [6, 6.07) is 16.0. The molecule has 0 saturated heterocycles. The Morgan fingerprint density at radius 1 is 1.17 bits per heavy atom. The second kappa shape index (κ2) is 7.23. The molecule has 0 bridgehead atoms. The van der Waals surface area contributed by atoms with Gasteiger partial charge in [-0.05, 0) is 47.2 Å². The van der Waals surface area contributed by atoms with E-state index in [9.17, 15) is 4.79 Å². The number of benzene rings is 2. The van der Waals surface area contributed by atoms with Gasteiger partial charge in [-0.15, -0.1) is 11.3 Å². The third-order valence-electron chi connectivity index (χ3n) is 3.39. The minimum Gasteiger partial charge on any atom is -0.298 e. The van der Waals surface area contributed by atoms with Gasteiger partial charge in [-0.2, -0.15) is 0 Å². The van der Waals surface area contributed by atoms with Gasteiger partial charge in [-0.25, -0.2) is 4.98 Å². The van der Waals surface area contributed by atoms with Crippen molar-refractivity contribution in [2.24, 2.45) is 0 Å². The van der Waals surface area contributed by atoms with Crippen LogP contribution in [-0.4, -0.2) is 10.9 Å². The number of nitrogens with zero attached hydrogens (tertiary/aromatic N) is 1. The molecule has 0 spiro atoms. The fourth-order valence-corrected chi connectivity index (χ4v) is 3.64. The van der Waals surface area contributed by atoms with E-state index in [-0.39, 0.29) is 5.91 Å². The van der Waals surface area contributed by atoms with Crippen molar-refractivity contribution < 1.29 is 4.79 Å². The molecule has 0 fully saturated rings. The molecule has 3 rings (SSSR count). The fraction of sp³-hybridized carbons (Fsp3) is 0.111. The molecular formula is C18H15IN2OS. The molecule has 0 atom stereocenters. The quantitative estimate of drug-likeness (QED) is 0.594. The first-order valence-electron chi connectivity index (χ1n) is 7.18. The maximum Gasteiger partial charge on any atom is 0.258 e. The Morgan fingerprint density at radius 3 is 2.65 bits per heavy atom. The van der Waals surface area contributed by atoms with Gasteiger partial charge < -0.3 is 0 Å². The normalized spacial score (nSPS) is 10.5. The number of thiazole rings is 1. The lowest BCUT2D eigenvalue weighted by Crippen LogP contribution is -2.12. The molecule has 0 aliphatic heterocycles. The molecule has 0 saturated carbocycles. The first kappa shape index (κ1) is 16.1. The highest BCUT2D eigenvalue weighted by Gasteiger charge is 2.11. The average Bonchev–Trinajstić information content (AvgIpc) is 2.97. The van der Waals surface area contributed by atoms with Gasteiger partial charge >= 0.3 is 0 Å². The number of nitrogens with one attached hydrogen (secondary N) is 1. The van der Waals surface area contributed by atoms with Crippen LogP contribution < -0.4 is 5.32 Å². The maximum atomic E-state index is 12.3. The SMILES string of the molecule is Cc1ccc(Cc2cnc(NC(=O)c3ccccc3I)s2)cc1. The van der Waals surface area contributed by atoms with E-state index in [1.54, 1.807) is 0 Å². The van der Waals surface area contributed by atoms with Gasteiger partial charge in [0, 0.05) is 21.1 Å². The van der Waals surface area contributed by atoms with Crippen LogP contribution in [0.3, 0.4) is 0 Å². The van der Waals surface area contributed by atoms with Crippen LogP contribution in [0.1, 0.15) is 26.4 Å². The van der Waals surface area contributed by atoms with Gasteiger partial charge in [-0.3, -0.25) is 10.1 Å². The molecule has 0 unspecified atom stereocenters. The van der Waals surface area contributed by atoms with Crippen molar-refractivity contribution in [3.05, 3.63) is 79.9 Å². The van der Waals surface area contributed by atoms with E-state index in [0.717, 1.165) is 14.9 Å². The molecule has 1 aromatic heterocycles. The minimum absolute atomic E-state index is 0.119.